The van der Waals surface area contributed by atoms with Gasteiger partial charge in [-0.3, -0.25) is 0 Å². The van der Waals surface area contributed by atoms with E-state index >= 15 is 0 Å². The number of carbonyl (C=O) groups excluding carboxylic acids is 1. The van der Waals surface area contributed by atoms with Gasteiger partial charge >= 0.3 is 222 Å². The van der Waals surface area contributed by atoms with Gasteiger partial charge in [0, 0.05) is 0 Å². The molecular formula is C29H29BrNO3PS. The molecule has 0 saturated carbocycles. The first-order valence-corrected chi connectivity index (χ1v) is 17.8. The number of amides is 1. The normalized spacial score (nSPS) is 12.9. The molecule has 1 amide bonds. The molecule has 4 aromatic rings. The number of sulfonamides is 1. The molecular weight excluding hydrogens is 553 g/mol. The van der Waals surface area contributed by atoms with Gasteiger partial charge in [-0.2, -0.15) is 0 Å². The van der Waals surface area contributed by atoms with Crippen molar-refractivity contribution < 1.29 is 13.2 Å². The molecule has 7 heteroatoms. The second-order valence-corrected chi connectivity index (χ2v) is 19.5. The summed E-state index contributed by atoms with van der Waals surface area (Å²) in [6.45, 7) is 0. The molecule has 0 heterocycles. The Morgan fingerprint density at radius 2 is 1.03 bits per heavy atom. The molecule has 0 aliphatic carbocycles. The van der Waals surface area contributed by atoms with E-state index in [0.717, 1.165) is 12.6 Å². The molecule has 0 aliphatic rings. The van der Waals surface area contributed by atoms with Gasteiger partial charge in [-0.05, 0) is 0 Å². The van der Waals surface area contributed by atoms with Gasteiger partial charge in [-0.1, -0.05) is 0 Å². The van der Waals surface area contributed by atoms with Crippen molar-refractivity contribution in [2.24, 2.45) is 0 Å². The van der Waals surface area contributed by atoms with Gasteiger partial charge in [-0.25, -0.2) is 0 Å². The van der Waals surface area contributed by atoms with Crippen LogP contribution in [0.15, 0.2) is 126 Å². The Kier molecular flexibility index (Phi) is 8.09. The fraction of sp³-hybridized carbons (Fsp3) is 0.138. The number of carbonyl (C=O) groups is 1. The molecule has 0 bridgehead atoms. The Balaban J connectivity index is 1.59. The number of rotatable bonds is 10. The van der Waals surface area contributed by atoms with E-state index in [1.807, 2.05) is 18.2 Å². The van der Waals surface area contributed by atoms with Crippen LogP contribution in [0.25, 0.3) is 0 Å². The van der Waals surface area contributed by atoms with Gasteiger partial charge in [0.1, 0.15) is 0 Å². The molecule has 0 fully saturated rings. The van der Waals surface area contributed by atoms with E-state index in [-0.39, 0.29) is 11.3 Å². The molecule has 0 saturated heterocycles. The summed E-state index contributed by atoms with van der Waals surface area (Å²) in [7, 11) is -3.87. The third kappa shape index (κ3) is 5.31. The van der Waals surface area contributed by atoms with Crippen molar-refractivity contribution in [3.8, 4) is 0 Å². The van der Waals surface area contributed by atoms with Crippen molar-refractivity contribution in [2.75, 3.05) is 6.16 Å². The van der Waals surface area contributed by atoms with E-state index in [1.54, 1.807) is 18.2 Å². The molecule has 36 heavy (non-hydrogen) atoms. The van der Waals surface area contributed by atoms with Crippen LogP contribution in [0, 0.1) is 0 Å². The van der Waals surface area contributed by atoms with Gasteiger partial charge < -0.3 is 0 Å². The molecule has 4 rings (SSSR count). The quantitative estimate of drug-likeness (QED) is 0.199. The van der Waals surface area contributed by atoms with Crippen molar-refractivity contribution in [3.05, 3.63) is 121 Å². The van der Waals surface area contributed by atoms with Gasteiger partial charge in [0.25, 0.3) is 0 Å². The summed E-state index contributed by atoms with van der Waals surface area (Å²) >= 11 is 4.40. The summed E-state index contributed by atoms with van der Waals surface area (Å²) in [6.07, 6.45) is 2.22. The topological polar surface area (TPSA) is 63.2 Å². The first kappa shape index (κ1) is 26.3. The SMILES string of the molecule is O=C(CCCCP(Br)(c1ccccc1)(c1ccccc1)c1ccccc1)NS(=O)(=O)c1ccccc1. The van der Waals surface area contributed by atoms with E-state index in [1.165, 1.54) is 28.0 Å². The van der Waals surface area contributed by atoms with Crippen LogP contribution >= 0.6 is 20.8 Å². The summed E-state index contributed by atoms with van der Waals surface area (Å²) in [4.78, 5) is 12.6. The number of benzene rings is 4. The van der Waals surface area contributed by atoms with Gasteiger partial charge in [0.15, 0.2) is 0 Å². The minimum absolute atomic E-state index is 0.0842. The van der Waals surface area contributed by atoms with E-state index in [4.69, 9.17) is 0 Å². The summed E-state index contributed by atoms with van der Waals surface area (Å²) in [6, 6.07) is 39.4. The second kappa shape index (κ2) is 11.1. The van der Waals surface area contributed by atoms with Gasteiger partial charge in [-0.15, -0.1) is 0 Å². The molecule has 4 aromatic carbocycles. The molecule has 0 spiro atoms. The molecule has 1 N–H and O–H groups in total. The fourth-order valence-corrected chi connectivity index (χ4v) is 13.4. The fourth-order valence-electron chi connectivity index (χ4n) is 4.60. The monoisotopic (exact) mass is 581 g/mol. The van der Waals surface area contributed by atoms with Crippen molar-refractivity contribution in [1.29, 1.82) is 0 Å². The maximum absolute atomic E-state index is 12.6. The van der Waals surface area contributed by atoms with Crippen molar-refractivity contribution in [2.45, 2.75) is 24.2 Å². The van der Waals surface area contributed by atoms with Crippen LogP contribution in [0.2, 0.25) is 0 Å². The Morgan fingerprint density at radius 1 is 0.639 bits per heavy atom. The van der Waals surface area contributed by atoms with Gasteiger partial charge in [0.2, 0.25) is 0 Å². The average molecular weight is 583 g/mol. The first-order valence-electron chi connectivity index (χ1n) is 11.8. The third-order valence-corrected chi connectivity index (χ3v) is 17.8. The predicted molar refractivity (Wildman–Crippen MR) is 155 cm³/mol. The minimum atomic E-state index is -3.87. The Hall–Kier alpha value is -2.79. The standard InChI is InChI=1S/C29H29BrNO3PS/c30-35(25-15-5-1-6-16-25,26-17-7-2-8-18-26,27-19-9-3-10-20-27)24-14-13-23-29(32)31-36(33,34)28-21-11-4-12-22-28/h1-12,15-22H,13-14,23-24H2,(H,31,32). The predicted octanol–water partition coefficient (Wildman–Crippen LogP) is 5.50. The zero-order valence-electron chi connectivity index (χ0n) is 19.8. The van der Waals surface area contributed by atoms with Crippen LogP contribution in [0.1, 0.15) is 19.3 Å². The number of unbranched alkanes of at least 4 members (excludes halogenated alkanes) is 1. The summed E-state index contributed by atoms with van der Waals surface area (Å²) in [5, 5.41) is 0.610. The molecule has 186 valence electrons. The molecule has 0 atom stereocenters. The summed E-state index contributed by atoms with van der Waals surface area (Å²) in [5.41, 5.74) is 0. The van der Waals surface area contributed by atoms with Crippen LogP contribution in [0.4, 0.5) is 0 Å². The van der Waals surface area contributed by atoms with Crippen LogP contribution < -0.4 is 20.6 Å². The van der Waals surface area contributed by atoms with Crippen molar-refractivity contribution in [1.82, 2.24) is 4.72 Å². The molecule has 0 unspecified atom stereocenters. The van der Waals surface area contributed by atoms with Gasteiger partial charge in [0.05, 0.1) is 0 Å². The van der Waals surface area contributed by atoms with E-state index in [0.29, 0.717) is 6.42 Å². The van der Waals surface area contributed by atoms with Crippen molar-refractivity contribution in [3.63, 3.8) is 0 Å². The zero-order valence-corrected chi connectivity index (χ0v) is 23.1. The average Bonchev–Trinajstić information content (AvgIpc) is 2.93. The Labute approximate surface area is 221 Å². The number of nitrogens with one attached hydrogen (secondary N) is 1. The maximum atomic E-state index is 12.6. The molecule has 4 nitrogen and oxygen atoms in total. The van der Waals surface area contributed by atoms with E-state index < -0.39 is 21.2 Å². The summed E-state index contributed by atoms with van der Waals surface area (Å²) in [5.74, 6) is -0.493. The zero-order chi connectivity index (χ0) is 25.5. The molecule has 0 aromatic heterocycles. The van der Waals surface area contributed by atoms with Crippen LogP contribution in [0.5, 0.6) is 0 Å². The molecule has 0 radical (unpaired) electrons. The Morgan fingerprint density at radius 3 is 1.44 bits per heavy atom. The second-order valence-electron chi connectivity index (χ2n) is 8.71. The number of halogens is 1. The summed E-state index contributed by atoms with van der Waals surface area (Å²) < 4.78 is 27.2. The van der Waals surface area contributed by atoms with E-state index in [9.17, 15) is 13.2 Å². The first-order chi connectivity index (χ1) is 17.3. The Bertz CT molecular complexity index is 1300. The van der Waals surface area contributed by atoms with Crippen LogP contribution in [-0.2, 0) is 14.8 Å². The number of hydrogen-bond acceptors (Lipinski definition) is 3. The number of hydrogen-bond donors (Lipinski definition) is 1. The van der Waals surface area contributed by atoms with Crippen LogP contribution in [0.3, 0.4) is 0 Å². The van der Waals surface area contributed by atoms with E-state index in [2.05, 4.69) is 93.0 Å². The van der Waals surface area contributed by atoms with Crippen LogP contribution in [-0.4, -0.2) is 20.5 Å². The third-order valence-electron chi connectivity index (χ3n) is 6.42. The van der Waals surface area contributed by atoms with Crippen molar-refractivity contribution >= 4 is 52.6 Å². The molecule has 0 aliphatic heterocycles.